The quantitative estimate of drug-likeness (QED) is 0.768. The summed E-state index contributed by atoms with van der Waals surface area (Å²) in [5, 5.41) is 13.0. The Bertz CT molecular complexity index is 317. The van der Waals surface area contributed by atoms with Crippen LogP contribution >= 0.6 is 0 Å². The Balaban J connectivity index is 3.00. The predicted molar refractivity (Wildman–Crippen MR) is 48.7 cm³/mol. The van der Waals surface area contributed by atoms with Crippen LogP contribution in [-0.2, 0) is 11.3 Å². The summed E-state index contributed by atoms with van der Waals surface area (Å²) in [5.74, 6) is -1.28. The fraction of sp³-hybridized carbons (Fsp3) is 0.556. The normalized spacial score (nSPS) is 12.8. The molecule has 1 atom stereocenters. The first-order valence-corrected chi connectivity index (χ1v) is 4.33. The lowest BCUT2D eigenvalue weighted by Crippen LogP contribution is -2.07. The zero-order valence-electron chi connectivity index (χ0n) is 8.11. The maximum absolute atomic E-state index is 10.7. The number of nitrogens with zero attached hydrogens (tertiary/aromatic N) is 2. The summed E-state index contributed by atoms with van der Waals surface area (Å²) in [6.07, 6.45) is 1.80. The number of carboxylic acid groups (broad SMARTS) is 1. The van der Waals surface area contributed by atoms with Gasteiger partial charge in [-0.3, -0.25) is 9.48 Å². The van der Waals surface area contributed by atoms with E-state index < -0.39 is 11.9 Å². The fourth-order valence-corrected chi connectivity index (χ4v) is 1.25. The number of hydrogen-bond acceptors (Lipinski definition) is 2. The lowest BCUT2D eigenvalue weighted by molar-refractivity contribution is -0.138. The first-order chi connectivity index (χ1) is 6.06. The molecule has 1 unspecified atom stereocenters. The molecule has 0 saturated heterocycles. The molecule has 4 heteroatoms. The lowest BCUT2D eigenvalue weighted by Gasteiger charge is -2.02. The predicted octanol–water partition coefficient (Wildman–Crippen LogP) is 1.40. The van der Waals surface area contributed by atoms with Gasteiger partial charge in [-0.1, -0.05) is 0 Å². The van der Waals surface area contributed by atoms with E-state index in [9.17, 15) is 4.79 Å². The smallest absolute Gasteiger partial charge is 0.310 e. The van der Waals surface area contributed by atoms with Crippen LogP contribution in [0.1, 0.15) is 31.0 Å². The minimum atomic E-state index is -0.807. The first kappa shape index (κ1) is 9.77. The van der Waals surface area contributed by atoms with E-state index in [1.165, 1.54) is 0 Å². The van der Waals surface area contributed by atoms with E-state index in [1.807, 2.05) is 13.8 Å². The molecule has 0 aliphatic rings. The molecular formula is C9H14N2O2. The van der Waals surface area contributed by atoms with Crippen molar-refractivity contribution in [3.8, 4) is 0 Å². The minimum Gasteiger partial charge on any atom is -0.481 e. The average molecular weight is 182 g/mol. The fourth-order valence-electron chi connectivity index (χ4n) is 1.25. The van der Waals surface area contributed by atoms with Crippen molar-refractivity contribution in [3.05, 3.63) is 17.5 Å². The van der Waals surface area contributed by atoms with E-state index in [-0.39, 0.29) is 0 Å². The van der Waals surface area contributed by atoms with Crippen molar-refractivity contribution in [1.29, 1.82) is 0 Å². The van der Waals surface area contributed by atoms with E-state index in [2.05, 4.69) is 5.10 Å². The van der Waals surface area contributed by atoms with E-state index in [4.69, 9.17) is 5.11 Å². The van der Waals surface area contributed by atoms with Gasteiger partial charge in [0.1, 0.15) is 0 Å². The topological polar surface area (TPSA) is 55.1 Å². The van der Waals surface area contributed by atoms with Crippen LogP contribution in [0.2, 0.25) is 0 Å². The van der Waals surface area contributed by atoms with Crippen LogP contribution in [-0.4, -0.2) is 20.9 Å². The maximum atomic E-state index is 10.7. The van der Waals surface area contributed by atoms with Crippen molar-refractivity contribution in [2.24, 2.45) is 0 Å². The number of carboxylic acids is 1. The Kier molecular flexibility index (Phi) is 2.70. The third-order valence-corrected chi connectivity index (χ3v) is 2.15. The molecule has 0 radical (unpaired) electrons. The molecule has 0 spiro atoms. The van der Waals surface area contributed by atoms with Crippen molar-refractivity contribution in [1.82, 2.24) is 9.78 Å². The monoisotopic (exact) mass is 182 g/mol. The number of aryl methyl sites for hydroxylation is 2. The molecule has 1 heterocycles. The highest BCUT2D eigenvalue weighted by atomic mass is 16.4. The molecule has 0 aliphatic carbocycles. The molecule has 1 rings (SSSR count). The highest BCUT2D eigenvalue weighted by molar-refractivity contribution is 5.75. The van der Waals surface area contributed by atoms with E-state index in [0.717, 1.165) is 17.8 Å². The molecule has 4 nitrogen and oxygen atoms in total. The molecule has 1 aromatic heterocycles. The average Bonchev–Trinajstić information content (AvgIpc) is 2.45. The summed E-state index contributed by atoms with van der Waals surface area (Å²) in [6, 6.07) is 0. The van der Waals surface area contributed by atoms with Crippen LogP contribution in [0.3, 0.4) is 0 Å². The number of rotatable bonds is 3. The van der Waals surface area contributed by atoms with Crippen LogP contribution in [0.15, 0.2) is 6.20 Å². The Morgan fingerprint density at radius 1 is 1.77 bits per heavy atom. The summed E-state index contributed by atoms with van der Waals surface area (Å²) >= 11 is 0. The van der Waals surface area contributed by atoms with Gasteiger partial charge in [-0.05, 0) is 20.8 Å². The Labute approximate surface area is 77.2 Å². The minimum absolute atomic E-state index is 0.472. The van der Waals surface area contributed by atoms with Gasteiger partial charge in [-0.15, -0.1) is 0 Å². The number of carbonyl (C=O) groups is 1. The lowest BCUT2D eigenvalue weighted by atomic mass is 10.0. The summed E-state index contributed by atoms with van der Waals surface area (Å²) in [7, 11) is 0. The number of hydrogen-bond donors (Lipinski definition) is 1. The zero-order valence-corrected chi connectivity index (χ0v) is 8.11. The second-order valence-electron chi connectivity index (χ2n) is 3.09. The van der Waals surface area contributed by atoms with Gasteiger partial charge in [0, 0.05) is 18.3 Å². The molecule has 72 valence electrons. The van der Waals surface area contributed by atoms with Gasteiger partial charge in [0.15, 0.2) is 0 Å². The molecule has 0 aromatic carbocycles. The molecule has 1 aromatic rings. The summed E-state index contributed by atoms with van der Waals surface area (Å²) < 4.78 is 1.75. The van der Waals surface area contributed by atoms with Crippen molar-refractivity contribution < 1.29 is 9.90 Å². The first-order valence-electron chi connectivity index (χ1n) is 4.33. The molecule has 1 N–H and O–H groups in total. The van der Waals surface area contributed by atoms with Crippen LogP contribution in [0, 0.1) is 6.92 Å². The van der Waals surface area contributed by atoms with Gasteiger partial charge < -0.3 is 5.11 Å². The van der Waals surface area contributed by atoms with Crippen LogP contribution in [0.4, 0.5) is 0 Å². The highest BCUT2D eigenvalue weighted by Crippen LogP contribution is 2.18. The Hall–Kier alpha value is -1.32. The largest absolute Gasteiger partial charge is 0.481 e. The van der Waals surface area contributed by atoms with Gasteiger partial charge >= 0.3 is 5.97 Å². The van der Waals surface area contributed by atoms with Crippen molar-refractivity contribution in [3.63, 3.8) is 0 Å². The van der Waals surface area contributed by atoms with E-state index in [0.29, 0.717) is 0 Å². The van der Waals surface area contributed by atoms with Gasteiger partial charge in [0.05, 0.1) is 11.6 Å². The maximum Gasteiger partial charge on any atom is 0.310 e. The summed E-state index contributed by atoms with van der Waals surface area (Å²) in [4.78, 5) is 10.7. The summed E-state index contributed by atoms with van der Waals surface area (Å²) in [5.41, 5.74) is 1.60. The van der Waals surface area contributed by atoms with Crippen LogP contribution in [0.25, 0.3) is 0 Å². The standard InChI is InChI=1S/C9H14N2O2/c1-4-11-5-8(7(3)10-11)6(2)9(12)13/h5-6H,4H2,1-3H3,(H,12,13). The van der Waals surface area contributed by atoms with Gasteiger partial charge in [-0.25, -0.2) is 0 Å². The third-order valence-electron chi connectivity index (χ3n) is 2.15. The molecule has 0 bridgehead atoms. The van der Waals surface area contributed by atoms with Crippen LogP contribution < -0.4 is 0 Å². The SMILES string of the molecule is CCn1cc(C(C)C(=O)O)c(C)n1. The Morgan fingerprint density at radius 2 is 2.38 bits per heavy atom. The number of aromatic nitrogens is 2. The molecular weight excluding hydrogens is 168 g/mol. The zero-order chi connectivity index (χ0) is 10.0. The molecule has 0 fully saturated rings. The van der Waals surface area contributed by atoms with E-state index >= 15 is 0 Å². The second-order valence-corrected chi connectivity index (χ2v) is 3.09. The van der Waals surface area contributed by atoms with Crippen LogP contribution in [0.5, 0.6) is 0 Å². The molecule has 0 aliphatic heterocycles. The molecule has 13 heavy (non-hydrogen) atoms. The van der Waals surface area contributed by atoms with Crippen molar-refractivity contribution in [2.45, 2.75) is 33.2 Å². The van der Waals surface area contributed by atoms with Crippen molar-refractivity contribution in [2.75, 3.05) is 0 Å². The van der Waals surface area contributed by atoms with E-state index in [1.54, 1.807) is 17.8 Å². The van der Waals surface area contributed by atoms with Gasteiger partial charge in [-0.2, -0.15) is 5.10 Å². The molecule has 0 saturated carbocycles. The summed E-state index contributed by atoms with van der Waals surface area (Å²) in [6.45, 7) is 6.25. The molecule has 0 amide bonds. The van der Waals surface area contributed by atoms with Gasteiger partial charge in [0.25, 0.3) is 0 Å². The number of aliphatic carboxylic acids is 1. The van der Waals surface area contributed by atoms with Gasteiger partial charge in [0.2, 0.25) is 0 Å². The van der Waals surface area contributed by atoms with Crippen molar-refractivity contribution >= 4 is 5.97 Å². The Morgan fingerprint density at radius 3 is 2.77 bits per heavy atom. The third kappa shape index (κ3) is 1.88. The second kappa shape index (κ2) is 3.60. The highest BCUT2D eigenvalue weighted by Gasteiger charge is 2.18.